The molecule has 0 aliphatic heterocycles. The summed E-state index contributed by atoms with van der Waals surface area (Å²) in [6, 6.07) is 3.23. The molecule has 0 unspecified atom stereocenters. The van der Waals surface area contributed by atoms with E-state index < -0.39 is 0 Å². The molecule has 0 aliphatic carbocycles. The molecule has 4 heterocycles. The predicted molar refractivity (Wildman–Crippen MR) is 117 cm³/mol. The first-order valence-corrected chi connectivity index (χ1v) is 8.51. The lowest BCUT2D eigenvalue weighted by Crippen LogP contribution is -2.07. The normalized spacial score (nSPS) is 8.93. The van der Waals surface area contributed by atoms with Crippen molar-refractivity contribution in [1.29, 1.82) is 0 Å². The number of hydrogen-bond acceptors (Lipinski definition) is 6. The summed E-state index contributed by atoms with van der Waals surface area (Å²) in [4.78, 5) is 41.7. The van der Waals surface area contributed by atoms with E-state index in [2.05, 4.69) is 55.1 Å². The fourth-order valence-electron chi connectivity index (χ4n) is 1.98. The first-order valence-electron chi connectivity index (χ1n) is 7.72. The Labute approximate surface area is 175 Å². The van der Waals surface area contributed by atoms with E-state index in [1.807, 2.05) is 0 Å². The number of hydrogen-bond donors (Lipinski definition) is 3. The molecule has 146 valence electrons. The maximum atomic E-state index is 11.2. The zero-order valence-corrected chi connectivity index (χ0v) is 16.7. The van der Waals surface area contributed by atoms with Crippen molar-refractivity contribution >= 4 is 45.6 Å². The molecule has 0 bridgehead atoms. The topological polar surface area (TPSA) is 120 Å². The Kier molecular flexibility index (Phi) is 9.48. The lowest BCUT2D eigenvalue weighted by atomic mass is 10.3. The highest BCUT2D eigenvalue weighted by molar-refractivity contribution is 7.71. The fraction of sp³-hybridized carbons (Fsp3) is 0.0526. The van der Waals surface area contributed by atoms with Gasteiger partial charge in [0.15, 0.2) is 4.77 Å². The molecule has 0 saturated carbocycles. The van der Waals surface area contributed by atoms with Crippen LogP contribution in [0.1, 0.15) is 6.92 Å². The average Bonchev–Trinajstić information content (AvgIpc) is 2.70. The van der Waals surface area contributed by atoms with Gasteiger partial charge in [0.2, 0.25) is 5.28 Å². The van der Waals surface area contributed by atoms with Crippen molar-refractivity contribution in [1.82, 2.24) is 29.9 Å². The highest BCUT2D eigenvalue weighted by Crippen LogP contribution is 2.05. The molecule has 0 aromatic carbocycles. The highest BCUT2D eigenvalue weighted by Gasteiger charge is 2.00. The zero-order chi connectivity index (χ0) is 21.8. The molecular formula is C19H15ClN6O2S. The predicted octanol–water partition coefficient (Wildman–Crippen LogP) is 2.84. The van der Waals surface area contributed by atoms with E-state index in [0.717, 1.165) is 0 Å². The summed E-state index contributed by atoms with van der Waals surface area (Å²) >= 11 is 10.3. The molecule has 0 radical (unpaired) electrons. The molecule has 4 aromatic heterocycles. The van der Waals surface area contributed by atoms with Gasteiger partial charge in [-0.3, -0.25) is 29.5 Å². The van der Waals surface area contributed by atoms with Crippen LogP contribution in [0.15, 0.2) is 46.5 Å². The minimum atomic E-state index is -0.243. The summed E-state index contributed by atoms with van der Waals surface area (Å²) in [6.07, 6.45) is 18.8. The van der Waals surface area contributed by atoms with E-state index in [0.29, 0.717) is 26.6 Å². The van der Waals surface area contributed by atoms with E-state index in [1.54, 1.807) is 31.5 Å². The Balaban J connectivity index is 0.000000238. The third-order valence-corrected chi connectivity index (χ3v) is 3.40. The van der Waals surface area contributed by atoms with Crippen molar-refractivity contribution < 1.29 is 0 Å². The summed E-state index contributed by atoms with van der Waals surface area (Å²) in [7, 11) is 0. The Morgan fingerprint density at radius 2 is 1.55 bits per heavy atom. The van der Waals surface area contributed by atoms with Crippen molar-refractivity contribution in [3.8, 4) is 25.2 Å². The van der Waals surface area contributed by atoms with Crippen LogP contribution in [0, 0.1) is 30.0 Å². The van der Waals surface area contributed by atoms with Gasteiger partial charge < -0.3 is 4.98 Å². The number of pyridine rings is 2. The Bertz CT molecular complexity index is 1330. The lowest BCUT2D eigenvalue weighted by Gasteiger charge is -1.94. The molecule has 0 spiro atoms. The summed E-state index contributed by atoms with van der Waals surface area (Å²) < 4.78 is 0.320. The Morgan fingerprint density at radius 1 is 1.00 bits per heavy atom. The summed E-state index contributed by atoms with van der Waals surface area (Å²) in [5, 5.41) is 1.15. The van der Waals surface area contributed by atoms with Crippen LogP contribution in [-0.4, -0.2) is 29.9 Å². The van der Waals surface area contributed by atoms with Crippen LogP contribution in [0.4, 0.5) is 0 Å². The molecule has 0 aliphatic rings. The molecule has 4 aromatic rings. The van der Waals surface area contributed by atoms with Crippen LogP contribution in [-0.2, 0) is 0 Å². The minimum Gasteiger partial charge on any atom is -0.330 e. The molecule has 0 amide bonds. The zero-order valence-electron chi connectivity index (χ0n) is 15.1. The van der Waals surface area contributed by atoms with Gasteiger partial charge in [-0.25, -0.2) is 4.98 Å². The standard InChI is InChI=1S/C7H4ClN3O.C7H5N3OS.C3H4.C2H2/c8-7-10-5-3-9-2-1-4(5)6(12)11-7;11-6-4-1-2-8-3-5(4)9-7(12)10-6;1-3-2;1-2/h1-3H,(H,10,11,12);1-3H,(H2,9,10,11,12);1H,2H3;1-2H. The molecular weight excluding hydrogens is 412 g/mol. The highest BCUT2D eigenvalue weighted by atomic mass is 35.5. The van der Waals surface area contributed by atoms with E-state index >= 15 is 0 Å². The summed E-state index contributed by atoms with van der Waals surface area (Å²) in [6.45, 7) is 1.65. The van der Waals surface area contributed by atoms with Crippen LogP contribution >= 0.6 is 23.8 Å². The summed E-state index contributed by atoms with van der Waals surface area (Å²) in [5.41, 5.74) is 0.737. The molecule has 8 nitrogen and oxygen atoms in total. The number of halogens is 1. The van der Waals surface area contributed by atoms with Crippen LogP contribution < -0.4 is 11.1 Å². The second-order valence-corrected chi connectivity index (χ2v) is 5.63. The molecule has 0 saturated heterocycles. The van der Waals surface area contributed by atoms with E-state index in [-0.39, 0.29) is 16.4 Å². The van der Waals surface area contributed by atoms with E-state index in [9.17, 15) is 9.59 Å². The van der Waals surface area contributed by atoms with Crippen LogP contribution in [0.25, 0.3) is 21.8 Å². The van der Waals surface area contributed by atoms with E-state index in [4.69, 9.17) is 23.8 Å². The largest absolute Gasteiger partial charge is 0.330 e. The van der Waals surface area contributed by atoms with Gasteiger partial charge in [0, 0.05) is 12.4 Å². The third kappa shape index (κ3) is 6.70. The number of aromatic amines is 3. The van der Waals surface area contributed by atoms with Gasteiger partial charge in [-0.05, 0) is 42.9 Å². The van der Waals surface area contributed by atoms with Gasteiger partial charge in [-0.1, -0.05) is 0 Å². The summed E-state index contributed by atoms with van der Waals surface area (Å²) in [5.74, 6) is 2.25. The number of terminal acetylenes is 2. The first kappa shape index (κ1) is 23.2. The van der Waals surface area contributed by atoms with Crippen molar-refractivity contribution in [2.24, 2.45) is 0 Å². The van der Waals surface area contributed by atoms with Gasteiger partial charge >= 0.3 is 0 Å². The molecule has 3 N–H and O–H groups in total. The van der Waals surface area contributed by atoms with Gasteiger partial charge in [0.1, 0.15) is 0 Å². The van der Waals surface area contributed by atoms with E-state index in [1.165, 1.54) is 12.4 Å². The fourth-order valence-corrected chi connectivity index (χ4v) is 2.36. The SMILES string of the molecule is C#C.C#CC.O=c1[nH]c(=S)[nH]c2cnccc12.O=c1[nH]c(Cl)nc2cnccc12. The van der Waals surface area contributed by atoms with Gasteiger partial charge in [-0.15, -0.1) is 25.2 Å². The lowest BCUT2D eigenvalue weighted by molar-refractivity contribution is 1.13. The minimum absolute atomic E-state index is 0.0838. The molecule has 0 atom stereocenters. The third-order valence-electron chi connectivity index (χ3n) is 3.02. The number of fused-ring (bicyclic) bond motifs is 2. The molecule has 10 heteroatoms. The maximum Gasteiger partial charge on any atom is 0.259 e. The molecule has 29 heavy (non-hydrogen) atoms. The quantitative estimate of drug-likeness (QED) is 0.226. The number of aromatic nitrogens is 6. The smallest absolute Gasteiger partial charge is 0.259 e. The maximum absolute atomic E-state index is 11.2. The van der Waals surface area contributed by atoms with Crippen molar-refractivity contribution in [3.63, 3.8) is 0 Å². The second kappa shape index (κ2) is 11.8. The van der Waals surface area contributed by atoms with Crippen LogP contribution in [0.3, 0.4) is 0 Å². The van der Waals surface area contributed by atoms with Crippen molar-refractivity contribution in [2.45, 2.75) is 6.92 Å². The van der Waals surface area contributed by atoms with Crippen LogP contribution in [0.5, 0.6) is 0 Å². The van der Waals surface area contributed by atoms with Crippen LogP contribution in [0.2, 0.25) is 5.28 Å². The Morgan fingerprint density at radius 3 is 2.21 bits per heavy atom. The number of nitrogens with one attached hydrogen (secondary N) is 3. The monoisotopic (exact) mass is 426 g/mol. The average molecular weight is 427 g/mol. The number of H-pyrrole nitrogens is 3. The molecule has 4 rings (SSSR count). The number of nitrogens with zero attached hydrogens (tertiary/aromatic N) is 3. The number of rotatable bonds is 0. The Hall–Kier alpha value is -3.79. The second-order valence-electron chi connectivity index (χ2n) is 4.87. The first-order chi connectivity index (χ1) is 14.0. The van der Waals surface area contributed by atoms with Gasteiger partial charge in [0.25, 0.3) is 11.1 Å². The molecule has 0 fully saturated rings. The van der Waals surface area contributed by atoms with Gasteiger partial charge in [0.05, 0.1) is 34.2 Å². The van der Waals surface area contributed by atoms with Crippen molar-refractivity contribution in [2.75, 3.05) is 0 Å². The van der Waals surface area contributed by atoms with Crippen molar-refractivity contribution in [3.05, 3.63) is 67.7 Å². The van der Waals surface area contributed by atoms with Gasteiger partial charge in [-0.2, -0.15) is 0 Å².